The van der Waals surface area contributed by atoms with Crippen molar-refractivity contribution in [2.45, 2.75) is 76.8 Å². The molecule has 0 aromatic carbocycles. The van der Waals surface area contributed by atoms with E-state index in [2.05, 4.69) is 27.7 Å². The highest BCUT2D eigenvalue weighted by molar-refractivity contribution is 5.16. The van der Waals surface area contributed by atoms with Crippen LogP contribution < -0.4 is 0 Å². The quantitative estimate of drug-likeness (QED) is 0.705. The summed E-state index contributed by atoms with van der Waals surface area (Å²) in [5, 5.41) is 21.6. The highest BCUT2D eigenvalue weighted by atomic mass is 16.6. The van der Waals surface area contributed by atoms with Crippen molar-refractivity contribution in [3.63, 3.8) is 0 Å². The Morgan fingerprint density at radius 3 is 2.44 bits per heavy atom. The van der Waals surface area contributed by atoms with Gasteiger partial charge in [0.05, 0.1) is 23.4 Å². The van der Waals surface area contributed by atoms with Gasteiger partial charge in [0.25, 0.3) is 0 Å². The second-order valence-corrected chi connectivity index (χ2v) is 7.67. The fraction of sp³-hybridized carbons (Fsp3) is 1.00. The maximum atomic E-state index is 11.0. The Morgan fingerprint density at radius 1 is 1.17 bits per heavy atom. The smallest absolute Gasteiger partial charge is 0.0945 e. The number of aliphatic hydroxyl groups excluding tert-OH is 1. The van der Waals surface area contributed by atoms with Crippen LogP contribution in [0.25, 0.3) is 0 Å². The number of rotatable bonds is 1. The van der Waals surface area contributed by atoms with Crippen LogP contribution in [0.2, 0.25) is 0 Å². The predicted molar refractivity (Wildman–Crippen MR) is 69.1 cm³/mol. The van der Waals surface area contributed by atoms with E-state index in [1.165, 1.54) is 0 Å². The second kappa shape index (κ2) is 3.50. The summed E-state index contributed by atoms with van der Waals surface area (Å²) in [6, 6.07) is 0. The first-order chi connectivity index (χ1) is 8.21. The van der Waals surface area contributed by atoms with Crippen molar-refractivity contribution >= 4 is 0 Å². The molecule has 3 aliphatic rings. The minimum Gasteiger partial charge on any atom is -0.393 e. The van der Waals surface area contributed by atoms with Gasteiger partial charge in [-0.25, -0.2) is 0 Å². The van der Waals surface area contributed by atoms with Crippen molar-refractivity contribution in [3.8, 4) is 0 Å². The van der Waals surface area contributed by atoms with Crippen LogP contribution in [0.3, 0.4) is 0 Å². The van der Waals surface area contributed by atoms with Gasteiger partial charge < -0.3 is 14.9 Å². The second-order valence-electron chi connectivity index (χ2n) is 7.67. The summed E-state index contributed by atoms with van der Waals surface area (Å²) < 4.78 is 5.78. The summed E-state index contributed by atoms with van der Waals surface area (Å²) in [5.74, 6) is 0.195. The van der Waals surface area contributed by atoms with Crippen LogP contribution in [0.1, 0.15) is 53.4 Å². The molecule has 2 saturated carbocycles. The van der Waals surface area contributed by atoms with Crippen molar-refractivity contribution in [3.05, 3.63) is 0 Å². The van der Waals surface area contributed by atoms with E-state index in [1.807, 2.05) is 0 Å². The average molecular weight is 254 g/mol. The van der Waals surface area contributed by atoms with Crippen LogP contribution in [0.5, 0.6) is 0 Å². The molecule has 0 radical (unpaired) electrons. The molecule has 0 aromatic rings. The largest absolute Gasteiger partial charge is 0.393 e. The zero-order valence-electron chi connectivity index (χ0n) is 11.9. The van der Waals surface area contributed by atoms with E-state index in [9.17, 15) is 10.2 Å². The molecule has 1 saturated heterocycles. The van der Waals surface area contributed by atoms with Crippen molar-refractivity contribution in [2.24, 2.45) is 17.3 Å². The predicted octanol–water partition coefficient (Wildman–Crippen LogP) is 2.10. The number of hydrogen-bond acceptors (Lipinski definition) is 3. The van der Waals surface area contributed by atoms with Gasteiger partial charge in [-0.05, 0) is 37.5 Å². The monoisotopic (exact) mass is 254 g/mol. The van der Waals surface area contributed by atoms with Gasteiger partial charge in [-0.15, -0.1) is 0 Å². The maximum Gasteiger partial charge on any atom is 0.0945 e. The molecule has 3 fully saturated rings. The zero-order valence-corrected chi connectivity index (χ0v) is 11.9. The van der Waals surface area contributed by atoms with Crippen molar-refractivity contribution in [1.29, 1.82) is 0 Å². The van der Waals surface area contributed by atoms with E-state index >= 15 is 0 Å². The molecule has 3 rings (SSSR count). The minimum atomic E-state index is -0.707. The molecule has 2 unspecified atom stereocenters. The molecule has 0 amide bonds. The fourth-order valence-corrected chi connectivity index (χ4v) is 4.76. The number of fused-ring (bicyclic) bond motifs is 2. The van der Waals surface area contributed by atoms with E-state index < -0.39 is 11.7 Å². The number of hydrogen-bond donors (Lipinski definition) is 2. The third-order valence-electron chi connectivity index (χ3n) is 6.07. The molecule has 0 aromatic heterocycles. The minimum absolute atomic E-state index is 0.00164. The van der Waals surface area contributed by atoms with Gasteiger partial charge in [-0.2, -0.15) is 0 Å². The third-order valence-corrected chi connectivity index (χ3v) is 6.07. The summed E-state index contributed by atoms with van der Waals surface area (Å²) in [7, 11) is 0. The van der Waals surface area contributed by atoms with Gasteiger partial charge in [-0.3, -0.25) is 0 Å². The van der Waals surface area contributed by atoms with E-state index in [1.54, 1.807) is 0 Å². The molecule has 2 aliphatic carbocycles. The Morgan fingerprint density at radius 2 is 1.83 bits per heavy atom. The van der Waals surface area contributed by atoms with Gasteiger partial charge in [0.1, 0.15) is 0 Å². The van der Waals surface area contributed by atoms with Crippen LogP contribution >= 0.6 is 0 Å². The van der Waals surface area contributed by atoms with Crippen LogP contribution in [-0.2, 0) is 4.74 Å². The Bertz CT molecular complexity index is 369. The van der Waals surface area contributed by atoms with E-state index in [4.69, 9.17) is 4.74 Å². The Kier molecular flexibility index (Phi) is 2.51. The Hall–Kier alpha value is -0.120. The first kappa shape index (κ1) is 12.9. The Balaban J connectivity index is 1.97. The number of aliphatic hydroxyl groups is 2. The highest BCUT2D eigenvalue weighted by Gasteiger charge is 2.66. The molecule has 2 N–H and O–H groups in total. The SMILES string of the molecule is CC(C)[C@]1(O)CC[C@]2(C)CC3OC3(C)C[C@H](O)[C@H]21. The number of ether oxygens (including phenoxy) is 1. The first-order valence-corrected chi connectivity index (χ1v) is 7.30. The first-order valence-electron chi connectivity index (χ1n) is 7.30. The zero-order chi connectivity index (χ0) is 13.3. The summed E-state index contributed by atoms with van der Waals surface area (Å²) >= 11 is 0. The van der Waals surface area contributed by atoms with Gasteiger partial charge in [-0.1, -0.05) is 20.8 Å². The van der Waals surface area contributed by atoms with E-state index in [0.29, 0.717) is 6.42 Å². The van der Waals surface area contributed by atoms with E-state index in [-0.39, 0.29) is 29.0 Å². The summed E-state index contributed by atoms with van der Waals surface area (Å²) in [6.45, 7) is 8.47. The molecule has 3 nitrogen and oxygen atoms in total. The lowest BCUT2D eigenvalue weighted by atomic mass is 9.68. The van der Waals surface area contributed by atoms with Gasteiger partial charge in [0, 0.05) is 12.3 Å². The fourth-order valence-electron chi connectivity index (χ4n) is 4.76. The molecule has 6 atom stereocenters. The molecule has 0 spiro atoms. The number of epoxide rings is 1. The van der Waals surface area contributed by atoms with Crippen molar-refractivity contribution in [2.75, 3.05) is 0 Å². The molecule has 3 heteroatoms. The van der Waals surface area contributed by atoms with Crippen LogP contribution in [-0.4, -0.2) is 33.6 Å². The molecular weight excluding hydrogens is 228 g/mol. The highest BCUT2D eigenvalue weighted by Crippen LogP contribution is 2.62. The average Bonchev–Trinajstić information content (AvgIpc) is 2.74. The third kappa shape index (κ3) is 1.53. The van der Waals surface area contributed by atoms with Crippen LogP contribution in [0, 0.1) is 17.3 Å². The summed E-state index contributed by atoms with van der Waals surface area (Å²) in [4.78, 5) is 0. The molecule has 1 aliphatic heterocycles. The lowest BCUT2D eigenvalue weighted by molar-refractivity contribution is -0.116. The van der Waals surface area contributed by atoms with Crippen LogP contribution in [0.4, 0.5) is 0 Å². The summed E-state index contributed by atoms with van der Waals surface area (Å²) in [6.07, 6.45) is 3.32. The van der Waals surface area contributed by atoms with Gasteiger partial charge in [0.2, 0.25) is 0 Å². The summed E-state index contributed by atoms with van der Waals surface area (Å²) in [5.41, 5.74) is -0.816. The normalized spacial score (nSPS) is 59.2. The van der Waals surface area contributed by atoms with Crippen molar-refractivity contribution < 1.29 is 14.9 Å². The van der Waals surface area contributed by atoms with Crippen molar-refractivity contribution in [1.82, 2.24) is 0 Å². The molecule has 104 valence electrons. The standard InChI is InChI=1S/C15H26O3/c1-9(2)15(17)6-5-13(3)8-11-14(4,18-11)7-10(16)12(13)15/h9-12,16-17H,5-8H2,1-4H3/t10-,11?,12+,13+,14?,15+/m0/s1. The maximum absolute atomic E-state index is 11.0. The molecule has 18 heavy (non-hydrogen) atoms. The topological polar surface area (TPSA) is 53.0 Å². The lowest BCUT2D eigenvalue weighted by Gasteiger charge is -2.42. The molecule has 1 heterocycles. The molecular formula is C15H26O3. The van der Waals surface area contributed by atoms with Gasteiger partial charge >= 0.3 is 0 Å². The molecule has 0 bridgehead atoms. The Labute approximate surface area is 110 Å². The lowest BCUT2D eigenvalue weighted by Crippen LogP contribution is -2.49. The van der Waals surface area contributed by atoms with E-state index in [0.717, 1.165) is 19.3 Å². The van der Waals surface area contributed by atoms with Crippen LogP contribution in [0.15, 0.2) is 0 Å². The van der Waals surface area contributed by atoms with Gasteiger partial charge in [0.15, 0.2) is 0 Å².